The molecule has 0 saturated heterocycles. The van der Waals surface area contributed by atoms with Gasteiger partial charge in [-0.3, -0.25) is 0 Å². The van der Waals surface area contributed by atoms with Crippen molar-refractivity contribution in [2.24, 2.45) is 0 Å². The maximum atomic E-state index is 5.87. The van der Waals surface area contributed by atoms with Gasteiger partial charge in [-0.05, 0) is 37.1 Å². The van der Waals surface area contributed by atoms with Gasteiger partial charge in [-0.25, -0.2) is 0 Å². The third-order valence-corrected chi connectivity index (χ3v) is 2.52. The fraction of sp³-hybridized carbons (Fsp3) is 0.538. The number of anilines is 1. The largest absolute Gasteiger partial charge is 0.490 e. The third-order valence-electron chi connectivity index (χ3n) is 2.52. The molecule has 0 heterocycles. The summed E-state index contributed by atoms with van der Waals surface area (Å²) in [4.78, 5) is 0. The Labute approximate surface area is 92.4 Å². The SMILES string of the molecule is CCCC[C@H](CC)Oc1ccc(N)cc1. The van der Waals surface area contributed by atoms with Crippen molar-refractivity contribution < 1.29 is 4.74 Å². The van der Waals surface area contributed by atoms with Gasteiger partial charge in [0.1, 0.15) is 5.75 Å². The van der Waals surface area contributed by atoms with Gasteiger partial charge in [-0.2, -0.15) is 0 Å². The lowest BCUT2D eigenvalue weighted by atomic mass is 10.1. The second-order valence-corrected chi connectivity index (χ2v) is 3.86. The maximum Gasteiger partial charge on any atom is 0.119 e. The molecule has 1 aromatic rings. The molecular weight excluding hydrogens is 186 g/mol. The molecule has 0 fully saturated rings. The van der Waals surface area contributed by atoms with Gasteiger partial charge in [-0.15, -0.1) is 0 Å². The Morgan fingerprint density at radius 3 is 2.40 bits per heavy atom. The number of benzene rings is 1. The number of nitrogen functional groups attached to an aromatic ring is 1. The molecule has 2 nitrogen and oxygen atoms in total. The van der Waals surface area contributed by atoms with Crippen LogP contribution in [-0.2, 0) is 0 Å². The molecule has 0 aliphatic carbocycles. The van der Waals surface area contributed by atoms with Crippen LogP contribution in [0.3, 0.4) is 0 Å². The molecule has 15 heavy (non-hydrogen) atoms. The van der Waals surface area contributed by atoms with Crippen molar-refractivity contribution in [3.8, 4) is 5.75 Å². The van der Waals surface area contributed by atoms with Gasteiger partial charge in [0.2, 0.25) is 0 Å². The summed E-state index contributed by atoms with van der Waals surface area (Å²) in [5.41, 5.74) is 6.40. The number of ether oxygens (including phenoxy) is 1. The monoisotopic (exact) mass is 207 g/mol. The summed E-state index contributed by atoms with van der Waals surface area (Å²) >= 11 is 0. The minimum absolute atomic E-state index is 0.341. The fourth-order valence-electron chi connectivity index (χ4n) is 1.52. The zero-order valence-electron chi connectivity index (χ0n) is 9.70. The predicted molar refractivity (Wildman–Crippen MR) is 65.1 cm³/mol. The van der Waals surface area contributed by atoms with E-state index in [1.807, 2.05) is 24.3 Å². The predicted octanol–water partition coefficient (Wildman–Crippen LogP) is 3.62. The van der Waals surface area contributed by atoms with Crippen LogP contribution in [0.1, 0.15) is 39.5 Å². The molecular formula is C13H21NO. The summed E-state index contributed by atoms with van der Waals surface area (Å²) in [7, 11) is 0. The van der Waals surface area contributed by atoms with Crippen LogP contribution in [0.2, 0.25) is 0 Å². The molecule has 2 N–H and O–H groups in total. The molecule has 0 unspecified atom stereocenters. The first-order valence-electron chi connectivity index (χ1n) is 5.78. The molecule has 2 heteroatoms. The van der Waals surface area contributed by atoms with Crippen LogP contribution in [0, 0.1) is 0 Å². The zero-order chi connectivity index (χ0) is 11.1. The molecule has 0 amide bonds. The first kappa shape index (κ1) is 11.9. The van der Waals surface area contributed by atoms with Gasteiger partial charge in [0.25, 0.3) is 0 Å². The second kappa shape index (κ2) is 6.33. The molecule has 0 radical (unpaired) electrons. The average molecular weight is 207 g/mol. The van der Waals surface area contributed by atoms with Crippen LogP contribution in [0.4, 0.5) is 5.69 Å². The van der Waals surface area contributed by atoms with E-state index in [-0.39, 0.29) is 0 Å². The van der Waals surface area contributed by atoms with Crippen LogP contribution in [0.25, 0.3) is 0 Å². The van der Waals surface area contributed by atoms with Crippen molar-refractivity contribution in [2.45, 2.75) is 45.6 Å². The highest BCUT2D eigenvalue weighted by Crippen LogP contribution is 2.18. The average Bonchev–Trinajstić information content (AvgIpc) is 2.27. The Balaban J connectivity index is 2.47. The van der Waals surface area contributed by atoms with Crippen LogP contribution in [0.15, 0.2) is 24.3 Å². The first-order chi connectivity index (χ1) is 7.26. The van der Waals surface area contributed by atoms with Crippen LogP contribution in [-0.4, -0.2) is 6.10 Å². The molecule has 0 aliphatic heterocycles. The van der Waals surface area contributed by atoms with Gasteiger partial charge in [0, 0.05) is 5.69 Å². The Morgan fingerprint density at radius 1 is 1.20 bits per heavy atom. The molecule has 0 bridgehead atoms. The van der Waals surface area contributed by atoms with E-state index in [2.05, 4.69) is 13.8 Å². The molecule has 0 aromatic heterocycles. The molecule has 0 saturated carbocycles. The van der Waals surface area contributed by atoms with Gasteiger partial charge >= 0.3 is 0 Å². The quantitative estimate of drug-likeness (QED) is 0.723. The number of rotatable bonds is 6. The fourth-order valence-corrected chi connectivity index (χ4v) is 1.52. The van der Waals surface area contributed by atoms with Gasteiger partial charge in [0.15, 0.2) is 0 Å². The van der Waals surface area contributed by atoms with E-state index in [4.69, 9.17) is 10.5 Å². The van der Waals surface area contributed by atoms with E-state index in [0.29, 0.717) is 6.10 Å². The number of hydrogen-bond acceptors (Lipinski definition) is 2. The van der Waals surface area contributed by atoms with E-state index in [1.165, 1.54) is 12.8 Å². The van der Waals surface area contributed by atoms with Crippen molar-refractivity contribution in [3.63, 3.8) is 0 Å². The highest BCUT2D eigenvalue weighted by molar-refractivity contribution is 5.41. The van der Waals surface area contributed by atoms with Crippen LogP contribution < -0.4 is 10.5 Å². The highest BCUT2D eigenvalue weighted by Gasteiger charge is 2.06. The molecule has 1 atom stereocenters. The van der Waals surface area contributed by atoms with Gasteiger partial charge < -0.3 is 10.5 Å². The topological polar surface area (TPSA) is 35.2 Å². The summed E-state index contributed by atoms with van der Waals surface area (Å²) in [6.45, 7) is 4.37. The third kappa shape index (κ3) is 4.24. The summed E-state index contributed by atoms with van der Waals surface area (Å²) in [6.07, 6.45) is 4.99. The van der Waals surface area contributed by atoms with Gasteiger partial charge in [0.05, 0.1) is 6.10 Å². The van der Waals surface area contributed by atoms with Crippen LogP contribution in [0.5, 0.6) is 5.75 Å². The van der Waals surface area contributed by atoms with Gasteiger partial charge in [-0.1, -0.05) is 26.7 Å². The minimum atomic E-state index is 0.341. The maximum absolute atomic E-state index is 5.87. The summed E-state index contributed by atoms with van der Waals surface area (Å²) in [5, 5.41) is 0. The summed E-state index contributed by atoms with van der Waals surface area (Å²) in [6, 6.07) is 7.62. The van der Waals surface area contributed by atoms with Crippen molar-refractivity contribution in [2.75, 3.05) is 5.73 Å². The Hall–Kier alpha value is -1.18. The Bertz CT molecular complexity index is 268. The normalized spacial score (nSPS) is 12.4. The minimum Gasteiger partial charge on any atom is -0.490 e. The lowest BCUT2D eigenvalue weighted by Crippen LogP contribution is -2.14. The second-order valence-electron chi connectivity index (χ2n) is 3.86. The molecule has 0 spiro atoms. The number of hydrogen-bond donors (Lipinski definition) is 1. The van der Waals surface area contributed by atoms with E-state index >= 15 is 0 Å². The first-order valence-corrected chi connectivity index (χ1v) is 5.78. The Morgan fingerprint density at radius 2 is 1.87 bits per heavy atom. The Kier molecular flexibility index (Phi) is 5.02. The smallest absolute Gasteiger partial charge is 0.119 e. The lowest BCUT2D eigenvalue weighted by molar-refractivity contribution is 0.183. The molecule has 1 aromatic carbocycles. The summed E-state index contributed by atoms with van der Waals surface area (Å²) in [5.74, 6) is 0.923. The van der Waals surface area contributed by atoms with E-state index in [1.54, 1.807) is 0 Å². The van der Waals surface area contributed by atoms with Crippen LogP contribution >= 0.6 is 0 Å². The highest BCUT2D eigenvalue weighted by atomic mass is 16.5. The standard InChI is InChI=1S/C13H21NO/c1-3-5-6-12(4-2)15-13-9-7-11(14)8-10-13/h7-10,12H,3-6,14H2,1-2H3/t12-/m0/s1. The van der Waals surface area contributed by atoms with Crippen molar-refractivity contribution in [1.82, 2.24) is 0 Å². The molecule has 84 valence electrons. The number of nitrogens with two attached hydrogens (primary N) is 1. The van der Waals surface area contributed by atoms with Crippen molar-refractivity contribution >= 4 is 5.69 Å². The van der Waals surface area contributed by atoms with E-state index in [9.17, 15) is 0 Å². The zero-order valence-corrected chi connectivity index (χ0v) is 9.70. The van der Waals surface area contributed by atoms with E-state index < -0.39 is 0 Å². The van der Waals surface area contributed by atoms with E-state index in [0.717, 1.165) is 24.3 Å². The molecule has 0 aliphatic rings. The van der Waals surface area contributed by atoms with Crippen molar-refractivity contribution in [1.29, 1.82) is 0 Å². The lowest BCUT2D eigenvalue weighted by Gasteiger charge is -2.17. The van der Waals surface area contributed by atoms with Crippen molar-refractivity contribution in [3.05, 3.63) is 24.3 Å². The molecule has 1 rings (SSSR count). The summed E-state index contributed by atoms with van der Waals surface area (Å²) < 4.78 is 5.87. The number of unbranched alkanes of at least 4 members (excludes halogenated alkanes) is 1.